The molecule has 0 radical (unpaired) electrons. The molecule has 3 amide bonds. The van der Waals surface area contributed by atoms with Crippen LogP contribution in [0.5, 0.6) is 5.75 Å². The van der Waals surface area contributed by atoms with Crippen LogP contribution >= 0.6 is 23.2 Å². The highest BCUT2D eigenvalue weighted by molar-refractivity contribution is 6.35. The van der Waals surface area contributed by atoms with Crippen molar-refractivity contribution < 1.29 is 19.1 Å². The zero-order chi connectivity index (χ0) is 19.8. The van der Waals surface area contributed by atoms with Crippen LogP contribution in [0.1, 0.15) is 22.8 Å². The number of benzene rings is 2. The molecule has 1 fully saturated rings. The molecule has 3 rings (SSSR count). The molecule has 1 saturated heterocycles. The molecule has 1 aliphatic heterocycles. The Balaban J connectivity index is 1.89. The third kappa shape index (κ3) is 3.38. The Morgan fingerprint density at radius 1 is 1.19 bits per heavy atom. The summed E-state index contributed by atoms with van der Waals surface area (Å²) in [5.41, 5.74) is -0.697. The van der Waals surface area contributed by atoms with Crippen LogP contribution in [0.3, 0.4) is 0 Å². The summed E-state index contributed by atoms with van der Waals surface area (Å²) in [6.45, 7) is 1.13. The van der Waals surface area contributed by atoms with Gasteiger partial charge in [0.25, 0.3) is 5.91 Å². The Kier molecular flexibility index (Phi) is 5.13. The molecule has 1 unspecified atom stereocenters. The normalized spacial score (nSPS) is 19.2. The van der Waals surface area contributed by atoms with Gasteiger partial charge in [0.15, 0.2) is 5.78 Å². The smallest absolute Gasteiger partial charge is 0.325 e. The molecule has 1 aliphatic rings. The van der Waals surface area contributed by atoms with Gasteiger partial charge in [0, 0.05) is 15.6 Å². The van der Waals surface area contributed by atoms with E-state index in [-0.39, 0.29) is 5.02 Å². The lowest BCUT2D eigenvalue weighted by molar-refractivity contribution is -0.130. The van der Waals surface area contributed by atoms with Crippen LogP contribution in [0.25, 0.3) is 0 Å². The van der Waals surface area contributed by atoms with E-state index in [0.29, 0.717) is 21.9 Å². The summed E-state index contributed by atoms with van der Waals surface area (Å²) >= 11 is 12.1. The van der Waals surface area contributed by atoms with Crippen molar-refractivity contribution in [1.29, 1.82) is 0 Å². The van der Waals surface area contributed by atoms with Gasteiger partial charge in [-0.3, -0.25) is 14.5 Å². The van der Waals surface area contributed by atoms with Crippen molar-refractivity contribution in [1.82, 2.24) is 10.2 Å². The van der Waals surface area contributed by atoms with E-state index in [9.17, 15) is 14.4 Å². The minimum absolute atomic E-state index is 0.247. The van der Waals surface area contributed by atoms with Gasteiger partial charge in [0.05, 0.1) is 19.2 Å². The number of rotatable bonds is 5. The molecule has 27 heavy (non-hydrogen) atoms. The summed E-state index contributed by atoms with van der Waals surface area (Å²) in [4.78, 5) is 38.9. The molecule has 8 heteroatoms. The number of para-hydroxylation sites is 1. The van der Waals surface area contributed by atoms with Gasteiger partial charge in [-0.25, -0.2) is 4.79 Å². The van der Waals surface area contributed by atoms with Gasteiger partial charge in [-0.2, -0.15) is 0 Å². The molecule has 0 aromatic heterocycles. The van der Waals surface area contributed by atoms with E-state index < -0.39 is 29.8 Å². The lowest BCUT2D eigenvalue weighted by Crippen LogP contribution is -2.41. The van der Waals surface area contributed by atoms with E-state index in [1.54, 1.807) is 36.4 Å². The average molecular weight is 407 g/mol. The van der Waals surface area contributed by atoms with Crippen LogP contribution in [0.4, 0.5) is 4.79 Å². The molecule has 6 nitrogen and oxygen atoms in total. The highest BCUT2D eigenvalue weighted by atomic mass is 35.5. The summed E-state index contributed by atoms with van der Waals surface area (Å²) in [6.07, 6.45) is 0. The lowest BCUT2D eigenvalue weighted by atomic mass is 9.92. The second-order valence-corrected chi connectivity index (χ2v) is 7.04. The van der Waals surface area contributed by atoms with Gasteiger partial charge in [-0.05, 0) is 31.2 Å². The van der Waals surface area contributed by atoms with E-state index in [4.69, 9.17) is 27.9 Å². The molecular formula is C19H16Cl2N2O4. The Labute approximate surface area is 166 Å². The Morgan fingerprint density at radius 2 is 1.89 bits per heavy atom. The predicted molar refractivity (Wildman–Crippen MR) is 101 cm³/mol. The summed E-state index contributed by atoms with van der Waals surface area (Å²) in [5, 5.41) is 3.27. The number of ether oxygens (including phenoxy) is 1. The van der Waals surface area contributed by atoms with Gasteiger partial charge in [-0.1, -0.05) is 41.4 Å². The Hall–Kier alpha value is -2.57. The summed E-state index contributed by atoms with van der Waals surface area (Å²) in [7, 11) is 1.44. The minimum atomic E-state index is -1.39. The third-order valence-corrected chi connectivity index (χ3v) is 5.00. The Morgan fingerprint density at radius 3 is 2.56 bits per heavy atom. The summed E-state index contributed by atoms with van der Waals surface area (Å²) < 4.78 is 5.17. The second kappa shape index (κ2) is 7.21. The van der Waals surface area contributed by atoms with Crippen molar-refractivity contribution in [2.24, 2.45) is 0 Å². The lowest BCUT2D eigenvalue weighted by Gasteiger charge is -2.23. The number of Topliss-reactive ketones (excluding diaryl/α,β-unsaturated/α-hetero) is 1. The van der Waals surface area contributed by atoms with E-state index in [1.165, 1.54) is 20.1 Å². The first-order valence-electron chi connectivity index (χ1n) is 8.04. The number of imide groups is 1. The number of methoxy groups -OCH3 is 1. The topological polar surface area (TPSA) is 75.7 Å². The molecule has 1 atom stereocenters. The van der Waals surface area contributed by atoms with Crippen molar-refractivity contribution in [2.45, 2.75) is 12.5 Å². The fraction of sp³-hybridized carbons (Fsp3) is 0.211. The van der Waals surface area contributed by atoms with Gasteiger partial charge in [0.2, 0.25) is 0 Å². The number of hydrogen-bond donors (Lipinski definition) is 1. The van der Waals surface area contributed by atoms with Crippen molar-refractivity contribution in [3.8, 4) is 5.75 Å². The van der Waals surface area contributed by atoms with Crippen LogP contribution in [-0.4, -0.2) is 36.3 Å². The number of hydrogen-bond acceptors (Lipinski definition) is 4. The zero-order valence-electron chi connectivity index (χ0n) is 14.6. The summed E-state index contributed by atoms with van der Waals surface area (Å²) in [5.74, 6) is -0.611. The summed E-state index contributed by atoms with van der Waals surface area (Å²) in [6, 6.07) is 10.6. The number of amides is 3. The third-order valence-electron chi connectivity index (χ3n) is 4.45. The maximum Gasteiger partial charge on any atom is 0.325 e. The van der Waals surface area contributed by atoms with Gasteiger partial charge >= 0.3 is 6.03 Å². The van der Waals surface area contributed by atoms with Crippen LogP contribution in [0.2, 0.25) is 10.0 Å². The van der Waals surface area contributed by atoms with E-state index in [0.717, 1.165) is 4.90 Å². The number of carbonyl (C=O) groups is 3. The van der Waals surface area contributed by atoms with Gasteiger partial charge in [-0.15, -0.1) is 0 Å². The first-order valence-corrected chi connectivity index (χ1v) is 8.79. The number of nitrogens with one attached hydrogen (secondary N) is 1. The van der Waals surface area contributed by atoms with Crippen LogP contribution in [-0.2, 0) is 10.3 Å². The maximum absolute atomic E-state index is 13.0. The number of nitrogens with zero attached hydrogens (tertiary/aromatic N) is 1. The molecule has 0 saturated carbocycles. The second-order valence-electron chi connectivity index (χ2n) is 6.19. The number of halogens is 2. The van der Waals surface area contributed by atoms with Crippen molar-refractivity contribution in [3.05, 3.63) is 63.6 Å². The van der Waals surface area contributed by atoms with Crippen LogP contribution in [0.15, 0.2) is 42.5 Å². The number of urea groups is 1. The van der Waals surface area contributed by atoms with E-state index >= 15 is 0 Å². The quantitative estimate of drug-likeness (QED) is 0.607. The molecule has 0 bridgehead atoms. The van der Waals surface area contributed by atoms with E-state index in [2.05, 4.69) is 5.32 Å². The fourth-order valence-electron chi connectivity index (χ4n) is 3.02. The number of ketones is 1. The first-order chi connectivity index (χ1) is 12.8. The minimum Gasteiger partial charge on any atom is -0.496 e. The van der Waals surface area contributed by atoms with Gasteiger partial charge < -0.3 is 10.1 Å². The highest BCUT2D eigenvalue weighted by Gasteiger charge is 2.50. The SMILES string of the molecule is COc1ccccc1C(=O)CN1C(=O)NC(C)(c2ccc(Cl)cc2Cl)C1=O. The molecule has 0 aliphatic carbocycles. The zero-order valence-corrected chi connectivity index (χ0v) is 16.1. The van der Waals surface area contributed by atoms with E-state index in [1.807, 2.05) is 0 Å². The predicted octanol–water partition coefficient (Wildman–Crippen LogP) is 3.65. The molecule has 140 valence electrons. The largest absolute Gasteiger partial charge is 0.496 e. The van der Waals surface area contributed by atoms with Crippen LogP contribution in [0, 0.1) is 0 Å². The fourth-order valence-corrected chi connectivity index (χ4v) is 3.62. The molecule has 2 aromatic carbocycles. The molecular weight excluding hydrogens is 391 g/mol. The Bertz CT molecular complexity index is 947. The molecule has 1 N–H and O–H groups in total. The van der Waals surface area contributed by atoms with Gasteiger partial charge in [0.1, 0.15) is 11.3 Å². The van der Waals surface area contributed by atoms with Crippen LogP contribution < -0.4 is 10.1 Å². The maximum atomic E-state index is 13.0. The van der Waals surface area contributed by atoms with Crippen molar-refractivity contribution in [3.63, 3.8) is 0 Å². The standard InChI is InChI=1S/C19H16Cl2N2O4/c1-19(13-8-7-11(20)9-14(13)21)17(25)23(18(26)22-19)10-15(24)12-5-3-4-6-16(12)27-2/h3-9H,10H2,1-2H3,(H,22,26). The monoisotopic (exact) mass is 406 g/mol. The molecule has 0 spiro atoms. The molecule has 1 heterocycles. The first kappa shape index (κ1) is 19.2. The highest BCUT2D eigenvalue weighted by Crippen LogP contribution is 2.35. The molecule has 2 aromatic rings. The van der Waals surface area contributed by atoms with Crippen molar-refractivity contribution in [2.75, 3.05) is 13.7 Å². The average Bonchev–Trinajstić information content (AvgIpc) is 2.85. The van der Waals surface area contributed by atoms with Crippen molar-refractivity contribution >= 4 is 40.9 Å². The number of carbonyl (C=O) groups excluding carboxylic acids is 3.